The average Bonchev–Trinajstić information content (AvgIpc) is 2.92. The Morgan fingerprint density at radius 2 is 2.13 bits per heavy atom. The maximum absolute atomic E-state index is 14.1. The van der Waals surface area contributed by atoms with E-state index in [9.17, 15) is 9.41 Å². The lowest BCUT2D eigenvalue weighted by Crippen LogP contribution is -2.30. The zero-order chi connectivity index (χ0) is 16.4. The van der Waals surface area contributed by atoms with Crippen molar-refractivity contribution in [2.75, 3.05) is 0 Å². The molecule has 2 aromatic rings. The van der Waals surface area contributed by atoms with Crippen molar-refractivity contribution >= 4 is 18.8 Å². The van der Waals surface area contributed by atoms with Gasteiger partial charge in [-0.1, -0.05) is 12.1 Å². The van der Waals surface area contributed by atoms with Crippen LogP contribution in [-0.4, -0.2) is 23.6 Å². The van der Waals surface area contributed by atoms with Gasteiger partial charge in [0.2, 0.25) is 0 Å². The van der Waals surface area contributed by atoms with E-state index in [-0.39, 0.29) is 5.75 Å². The monoisotopic (exact) mass is 315 g/mol. The van der Waals surface area contributed by atoms with E-state index in [1.54, 1.807) is 25.1 Å². The van der Waals surface area contributed by atoms with Gasteiger partial charge in [-0.3, -0.25) is 0 Å². The fraction of sp³-hybridized carbons (Fsp3) is 0.188. The molecule has 0 fully saturated rings. The summed E-state index contributed by atoms with van der Waals surface area (Å²) in [6, 6.07) is 8.09. The van der Waals surface area contributed by atoms with Gasteiger partial charge in [-0.05, 0) is 47.3 Å². The molecule has 1 aliphatic rings. The molecule has 0 unspecified atom stereocenters. The minimum absolute atomic E-state index is 0.0890. The van der Waals surface area contributed by atoms with Crippen LogP contribution in [-0.2, 0) is 17.7 Å². The molecule has 0 amide bonds. The summed E-state index contributed by atoms with van der Waals surface area (Å²) in [5.41, 5.74) is 2.98. The second-order valence-corrected chi connectivity index (χ2v) is 5.29. The van der Waals surface area contributed by atoms with E-state index in [1.165, 1.54) is 18.3 Å². The van der Waals surface area contributed by atoms with Gasteiger partial charge in [0.05, 0.1) is 6.61 Å². The van der Waals surface area contributed by atoms with Crippen LogP contribution >= 0.6 is 0 Å². The molecule has 0 atom stereocenters. The number of benzene rings is 2. The largest absolute Gasteiger partial charge is 0.492 e. The molecule has 0 aromatic heterocycles. The quantitative estimate of drug-likeness (QED) is 0.392. The fourth-order valence-electron chi connectivity index (χ4n) is 2.62. The van der Waals surface area contributed by atoms with E-state index in [4.69, 9.17) is 14.6 Å². The third kappa shape index (κ3) is 3.06. The van der Waals surface area contributed by atoms with Crippen molar-refractivity contribution in [3.8, 4) is 11.5 Å². The van der Waals surface area contributed by atoms with Gasteiger partial charge in [0.25, 0.3) is 0 Å². The van der Waals surface area contributed by atoms with E-state index in [0.29, 0.717) is 29.8 Å². The summed E-state index contributed by atoms with van der Waals surface area (Å²) >= 11 is 0. The minimum atomic E-state index is -0.974. The number of rotatable bonds is 4. The van der Waals surface area contributed by atoms with Gasteiger partial charge < -0.3 is 19.6 Å². The molecule has 0 spiro atoms. The highest BCUT2D eigenvalue weighted by Crippen LogP contribution is 2.29. The first-order valence-corrected chi connectivity index (χ1v) is 7.14. The molecule has 7 heteroatoms. The molecule has 2 aromatic carbocycles. The Balaban J connectivity index is 1.87. The highest BCUT2D eigenvalue weighted by Gasteiger charge is 2.30. The van der Waals surface area contributed by atoms with Crippen LogP contribution in [0.1, 0.15) is 16.7 Å². The van der Waals surface area contributed by atoms with Crippen molar-refractivity contribution in [3.05, 3.63) is 52.8 Å². The van der Waals surface area contributed by atoms with E-state index in [2.05, 4.69) is 5.16 Å². The first-order valence-electron chi connectivity index (χ1n) is 7.14. The SMILES string of the molecule is Cc1c(Oc2ccc(C/C=N\O)cc2F)ccc2c1B(O)OC2. The molecule has 23 heavy (non-hydrogen) atoms. The molecule has 0 radical (unpaired) electrons. The standard InChI is InChI=1S/C16H15BFNO4/c1-10-14(5-3-12-9-22-17(20)16(10)12)23-15-4-2-11(6-7-19-21)8-13(15)18/h2-5,7-8,20-21H,6,9H2,1H3/b19-7-. The molecule has 1 aliphatic heterocycles. The van der Waals surface area contributed by atoms with E-state index < -0.39 is 12.9 Å². The maximum Gasteiger partial charge on any atom is 0.492 e. The lowest BCUT2D eigenvalue weighted by molar-refractivity contribution is 0.275. The molecule has 118 valence electrons. The van der Waals surface area contributed by atoms with Gasteiger partial charge in [-0.2, -0.15) is 0 Å². The summed E-state index contributed by atoms with van der Waals surface area (Å²) in [5, 5.41) is 21.1. The van der Waals surface area contributed by atoms with Crippen molar-refractivity contribution in [1.82, 2.24) is 0 Å². The van der Waals surface area contributed by atoms with Crippen LogP contribution in [0, 0.1) is 12.7 Å². The number of oxime groups is 1. The van der Waals surface area contributed by atoms with Crippen molar-refractivity contribution in [2.45, 2.75) is 20.0 Å². The number of hydrogen-bond donors (Lipinski definition) is 2. The van der Waals surface area contributed by atoms with Crippen molar-refractivity contribution in [1.29, 1.82) is 0 Å². The first kappa shape index (κ1) is 15.5. The fourth-order valence-corrected chi connectivity index (χ4v) is 2.62. The van der Waals surface area contributed by atoms with Crippen molar-refractivity contribution < 1.29 is 24.0 Å². The molecule has 0 aliphatic carbocycles. The van der Waals surface area contributed by atoms with Crippen LogP contribution in [0.25, 0.3) is 0 Å². The molecule has 0 bridgehead atoms. The predicted molar refractivity (Wildman–Crippen MR) is 84.0 cm³/mol. The predicted octanol–water partition coefficient (Wildman–Crippen LogP) is 2.15. The Hall–Kier alpha value is -2.38. The van der Waals surface area contributed by atoms with Gasteiger partial charge in [-0.25, -0.2) is 4.39 Å². The minimum Gasteiger partial charge on any atom is -0.454 e. The third-order valence-corrected chi connectivity index (χ3v) is 3.82. The third-order valence-electron chi connectivity index (χ3n) is 3.82. The van der Waals surface area contributed by atoms with Crippen LogP contribution in [0.3, 0.4) is 0 Å². The van der Waals surface area contributed by atoms with E-state index in [1.807, 2.05) is 0 Å². The summed E-state index contributed by atoms with van der Waals surface area (Å²) < 4.78 is 25.0. The first-order chi connectivity index (χ1) is 11.1. The van der Waals surface area contributed by atoms with Crippen LogP contribution in [0.5, 0.6) is 11.5 Å². The molecule has 5 nitrogen and oxygen atoms in total. The molecule has 0 saturated heterocycles. The lowest BCUT2D eigenvalue weighted by Gasteiger charge is -2.13. The van der Waals surface area contributed by atoms with Crippen LogP contribution in [0.15, 0.2) is 35.5 Å². The number of halogens is 1. The van der Waals surface area contributed by atoms with E-state index in [0.717, 1.165) is 11.1 Å². The van der Waals surface area contributed by atoms with Crippen LogP contribution in [0.4, 0.5) is 4.39 Å². The van der Waals surface area contributed by atoms with Crippen LogP contribution in [0.2, 0.25) is 0 Å². The zero-order valence-corrected chi connectivity index (χ0v) is 12.5. The van der Waals surface area contributed by atoms with Gasteiger partial charge in [0, 0.05) is 12.6 Å². The number of fused-ring (bicyclic) bond motifs is 1. The Kier molecular flexibility index (Phi) is 4.32. The number of ether oxygens (including phenoxy) is 1. The Bertz CT molecular complexity index is 766. The van der Waals surface area contributed by atoms with Gasteiger partial charge in [0.1, 0.15) is 5.75 Å². The van der Waals surface area contributed by atoms with Gasteiger partial charge >= 0.3 is 7.12 Å². The molecule has 0 saturated carbocycles. The van der Waals surface area contributed by atoms with Crippen LogP contribution < -0.4 is 10.2 Å². The second-order valence-electron chi connectivity index (χ2n) is 5.29. The Morgan fingerprint density at radius 3 is 2.87 bits per heavy atom. The number of nitrogens with zero attached hydrogens (tertiary/aromatic N) is 1. The van der Waals surface area contributed by atoms with Crippen molar-refractivity contribution in [3.63, 3.8) is 0 Å². The highest BCUT2D eigenvalue weighted by molar-refractivity contribution is 6.62. The molecule has 1 heterocycles. The second kappa shape index (κ2) is 6.40. The summed E-state index contributed by atoms with van der Waals surface area (Å²) in [6.07, 6.45) is 1.61. The Morgan fingerprint density at radius 1 is 1.35 bits per heavy atom. The number of hydrogen-bond acceptors (Lipinski definition) is 5. The summed E-state index contributed by atoms with van der Waals surface area (Å²) in [4.78, 5) is 0. The lowest BCUT2D eigenvalue weighted by atomic mass is 9.76. The van der Waals surface area contributed by atoms with Crippen molar-refractivity contribution in [2.24, 2.45) is 5.16 Å². The average molecular weight is 315 g/mol. The Labute approximate surface area is 133 Å². The summed E-state index contributed by atoms with van der Waals surface area (Å²) in [7, 11) is -0.974. The smallest absolute Gasteiger partial charge is 0.454 e. The van der Waals surface area contributed by atoms with Gasteiger partial charge in [-0.15, -0.1) is 5.16 Å². The highest BCUT2D eigenvalue weighted by atomic mass is 19.1. The molecule has 3 rings (SSSR count). The summed E-state index contributed by atoms with van der Waals surface area (Å²) in [6.45, 7) is 2.16. The van der Waals surface area contributed by atoms with E-state index >= 15 is 0 Å². The molecule has 2 N–H and O–H groups in total. The summed E-state index contributed by atoms with van der Waals surface area (Å²) in [5.74, 6) is 0.0496. The molecular weight excluding hydrogens is 300 g/mol. The topological polar surface area (TPSA) is 71.3 Å². The van der Waals surface area contributed by atoms with Gasteiger partial charge in [0.15, 0.2) is 11.6 Å². The molecular formula is C16H15BFNO4. The maximum atomic E-state index is 14.1. The normalized spacial score (nSPS) is 13.6. The zero-order valence-electron chi connectivity index (χ0n) is 12.5.